The molecule has 0 aliphatic carbocycles. The van der Waals surface area contributed by atoms with Crippen molar-refractivity contribution in [3.05, 3.63) is 52.3 Å². The Bertz CT molecular complexity index is 955. The molecule has 0 spiro atoms. The maximum Gasteiger partial charge on any atom is 0.355 e. The first-order valence-electron chi connectivity index (χ1n) is 8.67. The van der Waals surface area contributed by atoms with Gasteiger partial charge in [-0.2, -0.15) is 5.26 Å². The molecular formula is C20H21N3O5. The van der Waals surface area contributed by atoms with Crippen LogP contribution in [-0.4, -0.2) is 35.5 Å². The van der Waals surface area contributed by atoms with Crippen molar-refractivity contribution in [3.8, 4) is 6.07 Å². The molecular weight excluding hydrogens is 362 g/mol. The van der Waals surface area contributed by atoms with Crippen molar-refractivity contribution >= 4 is 23.5 Å². The van der Waals surface area contributed by atoms with E-state index >= 15 is 0 Å². The van der Waals surface area contributed by atoms with E-state index in [9.17, 15) is 14.4 Å². The predicted molar refractivity (Wildman–Crippen MR) is 101 cm³/mol. The highest BCUT2D eigenvalue weighted by Gasteiger charge is 2.26. The van der Waals surface area contributed by atoms with Gasteiger partial charge in [-0.05, 0) is 45.4 Å². The maximum atomic E-state index is 12.5. The van der Waals surface area contributed by atoms with Crippen LogP contribution in [0.15, 0.2) is 24.3 Å². The molecule has 2 aromatic rings. The number of amides is 1. The van der Waals surface area contributed by atoms with Crippen LogP contribution < -0.4 is 5.32 Å². The number of H-pyrrole nitrogens is 1. The van der Waals surface area contributed by atoms with Crippen LogP contribution in [0.5, 0.6) is 0 Å². The lowest BCUT2D eigenvalue weighted by Crippen LogP contribution is -2.30. The Morgan fingerprint density at radius 2 is 1.89 bits per heavy atom. The van der Waals surface area contributed by atoms with E-state index in [4.69, 9.17) is 14.7 Å². The van der Waals surface area contributed by atoms with Gasteiger partial charge in [0.05, 0.1) is 23.4 Å². The summed E-state index contributed by atoms with van der Waals surface area (Å²) in [7, 11) is 0. The molecule has 1 heterocycles. The number of carbonyl (C=O) groups excluding carboxylic acids is 3. The number of esters is 2. The Kier molecular flexibility index (Phi) is 6.55. The number of para-hydroxylation sites is 1. The van der Waals surface area contributed by atoms with Crippen molar-refractivity contribution in [2.75, 3.05) is 11.9 Å². The van der Waals surface area contributed by atoms with Crippen LogP contribution in [0.3, 0.4) is 0 Å². The summed E-state index contributed by atoms with van der Waals surface area (Å²) < 4.78 is 10.2. The summed E-state index contributed by atoms with van der Waals surface area (Å²) in [4.78, 5) is 39.6. The molecule has 0 aliphatic rings. The second-order valence-electron chi connectivity index (χ2n) is 6.04. The average molecular weight is 383 g/mol. The van der Waals surface area contributed by atoms with Crippen molar-refractivity contribution in [3.63, 3.8) is 0 Å². The molecule has 1 aromatic heterocycles. The molecule has 2 N–H and O–H groups in total. The minimum atomic E-state index is -1.12. The van der Waals surface area contributed by atoms with E-state index in [-0.39, 0.29) is 17.9 Å². The highest BCUT2D eigenvalue weighted by Crippen LogP contribution is 2.21. The molecule has 146 valence electrons. The highest BCUT2D eigenvalue weighted by molar-refractivity contribution is 6.00. The zero-order valence-electron chi connectivity index (χ0n) is 16.1. The molecule has 8 heteroatoms. The summed E-state index contributed by atoms with van der Waals surface area (Å²) in [6.07, 6.45) is -1.12. The standard InChI is InChI=1S/C20H21N3O5/c1-5-27-19(25)16-11(2)17(22-12(16)3)20(26)28-13(4)18(24)23-15-9-7-6-8-14(15)10-21/h6-9,13,22H,5H2,1-4H3,(H,23,24)/t13-/m1/s1. The van der Waals surface area contributed by atoms with Crippen molar-refractivity contribution in [1.82, 2.24) is 4.98 Å². The molecule has 0 saturated heterocycles. The summed E-state index contributed by atoms with van der Waals surface area (Å²) in [5.74, 6) is -1.89. The third-order valence-electron chi connectivity index (χ3n) is 4.08. The van der Waals surface area contributed by atoms with Gasteiger partial charge < -0.3 is 19.8 Å². The molecule has 28 heavy (non-hydrogen) atoms. The number of aryl methyl sites for hydroxylation is 1. The van der Waals surface area contributed by atoms with Gasteiger partial charge >= 0.3 is 11.9 Å². The van der Waals surface area contributed by atoms with Crippen molar-refractivity contribution < 1.29 is 23.9 Å². The van der Waals surface area contributed by atoms with Crippen LogP contribution in [0.25, 0.3) is 0 Å². The molecule has 0 aliphatic heterocycles. The van der Waals surface area contributed by atoms with E-state index in [1.54, 1.807) is 45.0 Å². The number of anilines is 1. The smallest absolute Gasteiger partial charge is 0.355 e. The van der Waals surface area contributed by atoms with Gasteiger partial charge in [-0.15, -0.1) is 0 Å². The molecule has 8 nitrogen and oxygen atoms in total. The Hall–Kier alpha value is -3.60. The molecule has 0 bridgehead atoms. The topological polar surface area (TPSA) is 121 Å². The first-order chi connectivity index (χ1) is 13.3. The first-order valence-corrected chi connectivity index (χ1v) is 8.67. The molecule has 1 amide bonds. The second kappa shape index (κ2) is 8.86. The summed E-state index contributed by atoms with van der Waals surface area (Å²) in [5.41, 5.74) is 1.84. The van der Waals surface area contributed by atoms with E-state index in [1.807, 2.05) is 6.07 Å². The number of nitrogens with zero attached hydrogens (tertiary/aromatic N) is 1. The van der Waals surface area contributed by atoms with Crippen LogP contribution >= 0.6 is 0 Å². The normalized spacial score (nSPS) is 11.2. The van der Waals surface area contributed by atoms with Crippen LogP contribution in [-0.2, 0) is 14.3 Å². The number of carbonyl (C=O) groups is 3. The summed E-state index contributed by atoms with van der Waals surface area (Å²) >= 11 is 0. The van der Waals surface area contributed by atoms with Crippen molar-refractivity contribution in [1.29, 1.82) is 5.26 Å². The van der Waals surface area contributed by atoms with Crippen LogP contribution in [0, 0.1) is 25.2 Å². The number of aromatic nitrogens is 1. The molecule has 2 rings (SSSR count). The van der Waals surface area contributed by atoms with E-state index in [2.05, 4.69) is 10.3 Å². The van der Waals surface area contributed by atoms with Gasteiger partial charge in [0.15, 0.2) is 6.10 Å². The fourth-order valence-corrected chi connectivity index (χ4v) is 2.66. The molecule has 0 saturated carbocycles. The lowest BCUT2D eigenvalue weighted by molar-refractivity contribution is -0.123. The summed E-state index contributed by atoms with van der Waals surface area (Å²) in [6, 6.07) is 8.47. The predicted octanol–water partition coefficient (Wildman–Crippen LogP) is 2.86. The van der Waals surface area contributed by atoms with Gasteiger partial charge in [0.25, 0.3) is 5.91 Å². The second-order valence-corrected chi connectivity index (χ2v) is 6.04. The number of ether oxygens (including phenoxy) is 2. The number of benzene rings is 1. The molecule has 1 atom stereocenters. The number of hydrogen-bond donors (Lipinski definition) is 2. The number of rotatable bonds is 6. The van der Waals surface area contributed by atoms with Crippen molar-refractivity contribution in [2.45, 2.75) is 33.8 Å². The number of nitriles is 1. The SMILES string of the molecule is CCOC(=O)c1c(C)[nH]c(C(=O)O[C@H](C)C(=O)Nc2ccccc2C#N)c1C. The molecule has 0 fully saturated rings. The average Bonchev–Trinajstić information content (AvgIpc) is 2.96. The van der Waals surface area contributed by atoms with E-state index in [0.717, 1.165) is 0 Å². The fraction of sp³-hybridized carbons (Fsp3) is 0.300. The van der Waals surface area contributed by atoms with E-state index in [0.29, 0.717) is 22.5 Å². The third kappa shape index (κ3) is 4.38. The lowest BCUT2D eigenvalue weighted by Gasteiger charge is -2.14. The zero-order chi connectivity index (χ0) is 20.8. The highest BCUT2D eigenvalue weighted by atomic mass is 16.5. The minimum absolute atomic E-state index is 0.0811. The third-order valence-corrected chi connectivity index (χ3v) is 4.08. The fourth-order valence-electron chi connectivity index (χ4n) is 2.66. The van der Waals surface area contributed by atoms with Crippen LogP contribution in [0.4, 0.5) is 5.69 Å². The van der Waals surface area contributed by atoms with Gasteiger partial charge in [-0.25, -0.2) is 9.59 Å². The first kappa shape index (κ1) is 20.7. The molecule has 0 radical (unpaired) electrons. The van der Waals surface area contributed by atoms with Gasteiger partial charge in [-0.3, -0.25) is 4.79 Å². The number of aromatic amines is 1. The van der Waals surface area contributed by atoms with Gasteiger partial charge in [-0.1, -0.05) is 12.1 Å². The maximum absolute atomic E-state index is 12.5. The zero-order valence-corrected chi connectivity index (χ0v) is 16.1. The van der Waals surface area contributed by atoms with Gasteiger partial charge in [0.2, 0.25) is 0 Å². The van der Waals surface area contributed by atoms with E-state index in [1.165, 1.54) is 6.92 Å². The minimum Gasteiger partial charge on any atom is -0.462 e. The monoisotopic (exact) mass is 383 g/mol. The van der Waals surface area contributed by atoms with E-state index < -0.39 is 23.9 Å². The van der Waals surface area contributed by atoms with Gasteiger partial charge in [0.1, 0.15) is 11.8 Å². The number of hydrogen-bond acceptors (Lipinski definition) is 6. The molecule has 0 unspecified atom stereocenters. The summed E-state index contributed by atoms with van der Waals surface area (Å²) in [6.45, 7) is 6.56. The Labute approximate surface area is 162 Å². The van der Waals surface area contributed by atoms with Crippen LogP contribution in [0.1, 0.15) is 51.5 Å². The quantitative estimate of drug-likeness (QED) is 0.740. The Morgan fingerprint density at radius 1 is 1.21 bits per heavy atom. The van der Waals surface area contributed by atoms with Gasteiger partial charge in [0, 0.05) is 5.69 Å². The molecule has 1 aromatic carbocycles. The lowest BCUT2D eigenvalue weighted by atomic mass is 10.1. The largest absolute Gasteiger partial charge is 0.462 e. The Morgan fingerprint density at radius 3 is 2.54 bits per heavy atom. The number of nitrogens with one attached hydrogen (secondary N) is 2. The Balaban J connectivity index is 2.12. The van der Waals surface area contributed by atoms with Crippen molar-refractivity contribution in [2.24, 2.45) is 0 Å². The van der Waals surface area contributed by atoms with Crippen LogP contribution in [0.2, 0.25) is 0 Å². The summed E-state index contributed by atoms with van der Waals surface area (Å²) in [5, 5.41) is 11.6.